The maximum atomic E-state index is 4.56. The molecule has 1 unspecified atom stereocenters. The van der Waals surface area contributed by atoms with Crippen LogP contribution in [0.2, 0.25) is 0 Å². The van der Waals surface area contributed by atoms with Gasteiger partial charge in [0.2, 0.25) is 0 Å². The van der Waals surface area contributed by atoms with Gasteiger partial charge in [-0.1, -0.05) is 12.1 Å². The van der Waals surface area contributed by atoms with Gasteiger partial charge in [-0.15, -0.1) is 5.10 Å². The molecule has 0 bridgehead atoms. The van der Waals surface area contributed by atoms with Gasteiger partial charge in [0.25, 0.3) is 0 Å². The van der Waals surface area contributed by atoms with Crippen molar-refractivity contribution in [1.29, 1.82) is 0 Å². The fraction of sp³-hybridized carbons (Fsp3) is 0.471. The molecule has 0 saturated heterocycles. The van der Waals surface area contributed by atoms with Gasteiger partial charge < -0.3 is 21.0 Å². The van der Waals surface area contributed by atoms with Crippen LogP contribution >= 0.6 is 0 Å². The number of fused-ring (bicyclic) bond motifs is 1. The summed E-state index contributed by atoms with van der Waals surface area (Å²) in [6.07, 6.45) is 2.35. The van der Waals surface area contributed by atoms with Gasteiger partial charge in [-0.2, -0.15) is 4.79 Å². The van der Waals surface area contributed by atoms with Crippen LogP contribution in [0.25, 0.3) is 11.1 Å². The Bertz CT molecular complexity index is 703. The van der Waals surface area contributed by atoms with Gasteiger partial charge in [0.1, 0.15) is 0 Å². The molecule has 3 rings (SSSR count). The van der Waals surface area contributed by atoms with Crippen molar-refractivity contribution in [2.24, 2.45) is 0 Å². The van der Waals surface area contributed by atoms with Crippen LogP contribution in [0.5, 0.6) is 0 Å². The molecule has 0 fully saturated rings. The van der Waals surface area contributed by atoms with Crippen molar-refractivity contribution in [2.75, 3.05) is 51.3 Å². The molecular formula is C17H26N6. The molecule has 1 aliphatic rings. The molecule has 6 heteroatoms. The lowest BCUT2D eigenvalue weighted by atomic mass is 9.99. The first-order chi connectivity index (χ1) is 11.1. The normalized spacial score (nSPS) is 16.5. The topological polar surface area (TPSA) is 57.2 Å². The van der Waals surface area contributed by atoms with Gasteiger partial charge in [0.15, 0.2) is 11.6 Å². The monoisotopic (exact) mass is 314 g/mol. The van der Waals surface area contributed by atoms with Gasteiger partial charge in [0, 0.05) is 27.2 Å². The third kappa shape index (κ3) is 2.53. The fourth-order valence-electron chi connectivity index (χ4n) is 3.53. The standard InChI is InChI=1S/C17H26N6/c1-18-16-15(17(19-2)23(20-3)21-16)12-7-6-11-8-9-14(22(4)5)13(11)10-12/h6-7,10,14,19-20H,8-9H2,1-5H3,(H,18,21). The second kappa shape index (κ2) is 6.12. The molecule has 1 aliphatic carbocycles. The molecule has 1 heterocycles. The highest BCUT2D eigenvalue weighted by molar-refractivity contribution is 5.86. The van der Waals surface area contributed by atoms with E-state index in [0.717, 1.165) is 23.6 Å². The number of aryl methyl sites for hydroxylation is 1. The molecule has 0 spiro atoms. The molecule has 6 nitrogen and oxygen atoms in total. The first kappa shape index (κ1) is 15.7. The second-order valence-electron chi connectivity index (χ2n) is 6.14. The van der Waals surface area contributed by atoms with E-state index in [1.807, 2.05) is 21.1 Å². The molecule has 0 radical (unpaired) electrons. The highest BCUT2D eigenvalue weighted by Gasteiger charge is 2.26. The lowest BCUT2D eigenvalue weighted by Crippen LogP contribution is -2.17. The van der Waals surface area contributed by atoms with E-state index in [0.29, 0.717) is 6.04 Å². The van der Waals surface area contributed by atoms with E-state index < -0.39 is 0 Å². The summed E-state index contributed by atoms with van der Waals surface area (Å²) in [5, 5.41) is 11.0. The number of rotatable bonds is 5. The molecule has 0 amide bonds. The number of nitrogens with zero attached hydrogens (tertiary/aromatic N) is 3. The number of anilines is 2. The van der Waals surface area contributed by atoms with Crippen LogP contribution in [0, 0.1) is 0 Å². The quantitative estimate of drug-likeness (QED) is 0.791. The summed E-state index contributed by atoms with van der Waals surface area (Å²) in [6, 6.07) is 7.30. The smallest absolute Gasteiger partial charge is 0.160 e. The van der Waals surface area contributed by atoms with Gasteiger partial charge in [-0.25, -0.2) is 0 Å². The largest absolute Gasteiger partial charge is 0.371 e. The van der Waals surface area contributed by atoms with E-state index in [-0.39, 0.29) is 0 Å². The Hall–Kier alpha value is -2.21. The van der Waals surface area contributed by atoms with E-state index >= 15 is 0 Å². The number of hydrogen-bond donors (Lipinski definition) is 3. The Balaban J connectivity index is 2.13. The zero-order valence-corrected chi connectivity index (χ0v) is 14.6. The number of nitrogens with one attached hydrogen (secondary N) is 3. The summed E-state index contributed by atoms with van der Waals surface area (Å²) >= 11 is 0. The second-order valence-corrected chi connectivity index (χ2v) is 6.14. The molecule has 1 atom stereocenters. The van der Waals surface area contributed by atoms with Crippen molar-refractivity contribution in [3.8, 4) is 11.1 Å². The Morgan fingerprint density at radius 3 is 2.57 bits per heavy atom. The van der Waals surface area contributed by atoms with Gasteiger partial charge in [-0.3, -0.25) is 0 Å². The van der Waals surface area contributed by atoms with E-state index in [2.05, 4.69) is 58.4 Å². The van der Waals surface area contributed by atoms with Crippen molar-refractivity contribution >= 4 is 11.6 Å². The molecule has 124 valence electrons. The molecular weight excluding hydrogens is 288 g/mol. The zero-order chi connectivity index (χ0) is 16.6. The minimum Gasteiger partial charge on any atom is -0.371 e. The predicted octanol–water partition coefficient (Wildman–Crippen LogP) is 2.36. The predicted molar refractivity (Wildman–Crippen MR) is 96.8 cm³/mol. The van der Waals surface area contributed by atoms with E-state index in [1.54, 1.807) is 4.79 Å². The van der Waals surface area contributed by atoms with Crippen LogP contribution in [0.1, 0.15) is 23.6 Å². The van der Waals surface area contributed by atoms with Crippen LogP contribution in [-0.2, 0) is 6.42 Å². The first-order valence-electron chi connectivity index (χ1n) is 8.06. The summed E-state index contributed by atoms with van der Waals surface area (Å²) in [6.45, 7) is 0. The van der Waals surface area contributed by atoms with Gasteiger partial charge in [-0.05, 0) is 49.7 Å². The number of benzene rings is 1. The Labute approximate surface area is 137 Å². The molecule has 1 aromatic carbocycles. The zero-order valence-electron chi connectivity index (χ0n) is 14.6. The van der Waals surface area contributed by atoms with Crippen LogP contribution in [0.3, 0.4) is 0 Å². The SMILES string of the molecule is CNc1nn(NC)c(NC)c1-c1ccc2c(c1)C(N(C)C)CC2. The van der Waals surface area contributed by atoms with Crippen LogP contribution in [-0.4, -0.2) is 50.0 Å². The van der Waals surface area contributed by atoms with Crippen LogP contribution < -0.4 is 16.1 Å². The maximum absolute atomic E-state index is 4.56. The van der Waals surface area contributed by atoms with Gasteiger partial charge >= 0.3 is 0 Å². The van der Waals surface area contributed by atoms with Crippen molar-refractivity contribution in [1.82, 2.24) is 14.8 Å². The Kier molecular flexibility index (Phi) is 4.17. The maximum Gasteiger partial charge on any atom is 0.160 e. The summed E-state index contributed by atoms with van der Waals surface area (Å²) in [5.74, 6) is 1.82. The summed E-state index contributed by atoms with van der Waals surface area (Å²) in [4.78, 5) is 4.07. The lowest BCUT2D eigenvalue weighted by Gasteiger charge is -2.20. The number of hydrogen-bond acceptors (Lipinski definition) is 5. The minimum atomic E-state index is 0.500. The van der Waals surface area contributed by atoms with Crippen molar-refractivity contribution in [3.63, 3.8) is 0 Å². The van der Waals surface area contributed by atoms with Crippen molar-refractivity contribution < 1.29 is 0 Å². The molecule has 2 aromatic rings. The van der Waals surface area contributed by atoms with Crippen molar-refractivity contribution in [2.45, 2.75) is 18.9 Å². The molecule has 23 heavy (non-hydrogen) atoms. The minimum absolute atomic E-state index is 0.500. The number of aromatic nitrogens is 2. The Morgan fingerprint density at radius 2 is 1.96 bits per heavy atom. The van der Waals surface area contributed by atoms with Crippen LogP contribution in [0.4, 0.5) is 11.6 Å². The van der Waals surface area contributed by atoms with Crippen LogP contribution in [0.15, 0.2) is 18.2 Å². The van der Waals surface area contributed by atoms with E-state index in [9.17, 15) is 0 Å². The summed E-state index contributed by atoms with van der Waals surface area (Å²) in [5.41, 5.74) is 8.27. The average molecular weight is 314 g/mol. The average Bonchev–Trinajstić information content (AvgIpc) is 3.14. The molecule has 0 aliphatic heterocycles. The summed E-state index contributed by atoms with van der Waals surface area (Å²) in [7, 11) is 10.00. The third-order valence-electron chi connectivity index (χ3n) is 4.67. The Morgan fingerprint density at radius 1 is 1.17 bits per heavy atom. The highest BCUT2D eigenvalue weighted by atomic mass is 15.6. The highest BCUT2D eigenvalue weighted by Crippen LogP contribution is 2.40. The van der Waals surface area contributed by atoms with E-state index in [1.165, 1.54) is 23.1 Å². The van der Waals surface area contributed by atoms with Crippen molar-refractivity contribution in [3.05, 3.63) is 29.3 Å². The fourth-order valence-corrected chi connectivity index (χ4v) is 3.53. The molecule has 3 N–H and O–H groups in total. The summed E-state index contributed by atoms with van der Waals surface area (Å²) < 4.78 is 0. The molecule has 0 saturated carbocycles. The third-order valence-corrected chi connectivity index (χ3v) is 4.67. The van der Waals surface area contributed by atoms with Gasteiger partial charge in [0.05, 0.1) is 5.56 Å². The lowest BCUT2D eigenvalue weighted by molar-refractivity contribution is 0.299. The van der Waals surface area contributed by atoms with E-state index in [4.69, 9.17) is 0 Å². The first-order valence-corrected chi connectivity index (χ1v) is 8.06. The molecule has 1 aromatic heterocycles.